The van der Waals surface area contributed by atoms with Crippen molar-refractivity contribution in [2.45, 2.75) is 20.3 Å². The third-order valence-corrected chi connectivity index (χ3v) is 1.63. The molecule has 0 N–H and O–H groups in total. The summed E-state index contributed by atoms with van der Waals surface area (Å²) in [6.07, 6.45) is 6.00. The zero-order valence-electron chi connectivity index (χ0n) is 7.22. The second kappa shape index (κ2) is 5.32. The van der Waals surface area contributed by atoms with Gasteiger partial charge < -0.3 is 4.90 Å². The largest absolute Gasteiger partial charge is 0.306 e. The lowest BCUT2D eigenvalue weighted by Crippen LogP contribution is -2.12. The number of terminal acetylenes is 1. The monoisotopic (exact) mass is 139 g/mol. The van der Waals surface area contributed by atoms with Gasteiger partial charge in [-0.05, 0) is 32.9 Å². The highest BCUT2D eigenvalue weighted by Crippen LogP contribution is 2.11. The van der Waals surface area contributed by atoms with Gasteiger partial charge in [0.1, 0.15) is 0 Å². The molecular formula is C9H17N. The highest BCUT2D eigenvalue weighted by Gasteiger charge is 2.13. The van der Waals surface area contributed by atoms with Gasteiger partial charge in [0.25, 0.3) is 0 Å². The molecule has 58 valence electrons. The minimum atomic E-state index is 0.949. The predicted molar refractivity (Wildman–Crippen MR) is 45.8 cm³/mol. The Bertz CT molecular complexity index is 104. The summed E-state index contributed by atoms with van der Waals surface area (Å²) in [7, 11) is 2.18. The number of likely N-dealkylation sites (tertiary alicyclic amines) is 1. The molecule has 0 unspecified atom stereocenters. The molecule has 0 spiro atoms. The molecule has 0 aliphatic carbocycles. The van der Waals surface area contributed by atoms with Crippen molar-refractivity contribution in [2.24, 2.45) is 5.92 Å². The molecule has 1 fully saturated rings. The molecule has 0 aromatic rings. The summed E-state index contributed by atoms with van der Waals surface area (Å²) in [5, 5.41) is 0. The average molecular weight is 139 g/mol. The van der Waals surface area contributed by atoms with Gasteiger partial charge in [-0.15, -0.1) is 12.3 Å². The van der Waals surface area contributed by atoms with E-state index >= 15 is 0 Å². The third-order valence-electron chi connectivity index (χ3n) is 1.63. The van der Waals surface area contributed by atoms with Crippen molar-refractivity contribution >= 4 is 0 Å². The van der Waals surface area contributed by atoms with Crippen LogP contribution in [0.5, 0.6) is 0 Å². The van der Waals surface area contributed by atoms with Crippen LogP contribution in [0.3, 0.4) is 0 Å². The summed E-state index contributed by atoms with van der Waals surface area (Å²) in [5.74, 6) is 3.20. The summed E-state index contributed by atoms with van der Waals surface area (Å²) in [4.78, 5) is 2.38. The average Bonchev–Trinajstić information content (AvgIpc) is 2.17. The molecule has 1 aliphatic heterocycles. The fraction of sp³-hybridized carbons (Fsp3) is 0.778. The van der Waals surface area contributed by atoms with E-state index in [0.717, 1.165) is 5.92 Å². The Balaban J connectivity index is 0.000000236. The Morgan fingerprint density at radius 2 is 2.10 bits per heavy atom. The van der Waals surface area contributed by atoms with Gasteiger partial charge in [0.05, 0.1) is 0 Å². The predicted octanol–water partition coefficient (Wildman–Crippen LogP) is 1.60. The fourth-order valence-corrected chi connectivity index (χ4v) is 1.16. The van der Waals surface area contributed by atoms with E-state index in [9.17, 15) is 0 Å². The van der Waals surface area contributed by atoms with E-state index in [1.807, 2.05) is 0 Å². The van der Waals surface area contributed by atoms with Gasteiger partial charge in [-0.25, -0.2) is 0 Å². The maximum absolute atomic E-state index is 4.60. The van der Waals surface area contributed by atoms with Gasteiger partial charge in [-0.3, -0.25) is 0 Å². The van der Waals surface area contributed by atoms with Gasteiger partial charge in [-0.1, -0.05) is 6.92 Å². The molecule has 0 saturated carbocycles. The minimum absolute atomic E-state index is 0.949. The first-order valence-electron chi connectivity index (χ1n) is 3.76. The molecule has 1 heteroatoms. The summed E-state index contributed by atoms with van der Waals surface area (Å²) in [6, 6.07) is 0. The third kappa shape index (κ3) is 4.40. The van der Waals surface area contributed by atoms with Crippen molar-refractivity contribution < 1.29 is 0 Å². The van der Waals surface area contributed by atoms with Gasteiger partial charge in [0.2, 0.25) is 0 Å². The van der Waals surface area contributed by atoms with E-state index in [1.165, 1.54) is 19.5 Å². The maximum Gasteiger partial charge on any atom is 0.000445 e. The van der Waals surface area contributed by atoms with Crippen molar-refractivity contribution in [3.63, 3.8) is 0 Å². The summed E-state index contributed by atoms with van der Waals surface area (Å²) in [5.41, 5.74) is 0. The number of hydrogen-bond acceptors (Lipinski definition) is 1. The summed E-state index contributed by atoms with van der Waals surface area (Å²) < 4.78 is 0. The first kappa shape index (κ1) is 9.52. The molecule has 1 nitrogen and oxygen atoms in total. The molecule has 10 heavy (non-hydrogen) atoms. The van der Waals surface area contributed by atoms with Crippen LogP contribution in [0.4, 0.5) is 0 Å². The fourth-order valence-electron chi connectivity index (χ4n) is 1.16. The molecule has 1 atom stereocenters. The van der Waals surface area contributed by atoms with Crippen LogP contribution in [0.15, 0.2) is 0 Å². The number of rotatable bonds is 0. The van der Waals surface area contributed by atoms with Gasteiger partial charge in [0.15, 0.2) is 0 Å². The van der Waals surface area contributed by atoms with E-state index < -0.39 is 0 Å². The van der Waals surface area contributed by atoms with Crippen molar-refractivity contribution in [1.29, 1.82) is 0 Å². The van der Waals surface area contributed by atoms with E-state index in [1.54, 1.807) is 6.92 Å². The molecular weight excluding hydrogens is 122 g/mol. The molecule has 1 saturated heterocycles. The molecule has 1 aliphatic rings. The van der Waals surface area contributed by atoms with E-state index in [-0.39, 0.29) is 0 Å². The second-order valence-electron chi connectivity index (χ2n) is 2.94. The highest BCUT2D eigenvalue weighted by molar-refractivity contribution is 4.73. The Morgan fingerprint density at radius 3 is 2.20 bits per heavy atom. The van der Waals surface area contributed by atoms with Crippen LogP contribution in [-0.4, -0.2) is 25.0 Å². The van der Waals surface area contributed by atoms with Crippen molar-refractivity contribution in [3.8, 4) is 12.3 Å². The lowest BCUT2D eigenvalue weighted by molar-refractivity contribution is 0.402. The van der Waals surface area contributed by atoms with Crippen LogP contribution in [0.1, 0.15) is 20.3 Å². The molecule has 0 aromatic heterocycles. The van der Waals surface area contributed by atoms with Crippen molar-refractivity contribution in [3.05, 3.63) is 0 Å². The molecule has 0 radical (unpaired) electrons. The number of hydrogen-bond donors (Lipinski definition) is 0. The van der Waals surface area contributed by atoms with Crippen LogP contribution in [0, 0.1) is 18.3 Å². The lowest BCUT2D eigenvalue weighted by atomic mass is 10.2. The molecule has 0 bridgehead atoms. The molecule has 0 amide bonds. The van der Waals surface area contributed by atoms with Crippen LogP contribution < -0.4 is 0 Å². The van der Waals surface area contributed by atoms with Gasteiger partial charge in [-0.2, -0.15) is 0 Å². The van der Waals surface area contributed by atoms with Crippen molar-refractivity contribution in [1.82, 2.24) is 4.90 Å². The SMILES string of the molecule is C#CC.C[C@@H]1CCN(C)C1. The zero-order valence-corrected chi connectivity index (χ0v) is 7.22. The van der Waals surface area contributed by atoms with Gasteiger partial charge >= 0.3 is 0 Å². The van der Waals surface area contributed by atoms with Crippen LogP contribution in [-0.2, 0) is 0 Å². The maximum atomic E-state index is 4.60. The normalized spacial score (nSPS) is 24.8. The number of nitrogens with zero attached hydrogens (tertiary/aromatic N) is 1. The molecule has 0 aromatic carbocycles. The molecule has 1 rings (SSSR count). The lowest BCUT2D eigenvalue weighted by Gasteiger charge is -2.03. The first-order valence-corrected chi connectivity index (χ1v) is 3.76. The zero-order chi connectivity index (χ0) is 7.98. The van der Waals surface area contributed by atoms with E-state index in [0.29, 0.717) is 0 Å². The van der Waals surface area contributed by atoms with E-state index in [2.05, 4.69) is 31.2 Å². The van der Waals surface area contributed by atoms with Gasteiger partial charge in [0, 0.05) is 6.54 Å². The minimum Gasteiger partial charge on any atom is -0.306 e. The Morgan fingerprint density at radius 1 is 1.60 bits per heavy atom. The quantitative estimate of drug-likeness (QED) is 0.461. The Labute approximate surface area is 64.4 Å². The van der Waals surface area contributed by atoms with Crippen LogP contribution in [0.25, 0.3) is 0 Å². The van der Waals surface area contributed by atoms with Crippen molar-refractivity contribution in [2.75, 3.05) is 20.1 Å². The highest BCUT2D eigenvalue weighted by atomic mass is 15.1. The van der Waals surface area contributed by atoms with Crippen LogP contribution in [0.2, 0.25) is 0 Å². The first-order chi connectivity index (χ1) is 4.70. The Hall–Kier alpha value is -0.480. The van der Waals surface area contributed by atoms with E-state index in [4.69, 9.17) is 0 Å². The Kier molecular flexibility index (Phi) is 5.06. The second-order valence-corrected chi connectivity index (χ2v) is 2.94. The smallest absolute Gasteiger partial charge is 0.000445 e. The molecule has 1 heterocycles. The summed E-state index contributed by atoms with van der Waals surface area (Å²) >= 11 is 0. The summed E-state index contributed by atoms with van der Waals surface area (Å²) in [6.45, 7) is 6.57. The topological polar surface area (TPSA) is 3.24 Å². The van der Waals surface area contributed by atoms with Crippen LogP contribution >= 0.6 is 0 Å². The standard InChI is InChI=1S/C6H13N.C3H4/c1-6-3-4-7(2)5-6;1-3-2/h6H,3-5H2,1-2H3;1H,2H3/t6-;/m1./s1.